The maximum Gasteiger partial charge on any atom is 0.416 e. The van der Waals surface area contributed by atoms with E-state index in [-0.39, 0.29) is 0 Å². The molecule has 0 fully saturated rings. The lowest BCUT2D eigenvalue weighted by atomic mass is 9.91. The van der Waals surface area contributed by atoms with Gasteiger partial charge in [0.15, 0.2) is 5.82 Å². The van der Waals surface area contributed by atoms with Gasteiger partial charge in [-0.3, -0.25) is 0 Å². The summed E-state index contributed by atoms with van der Waals surface area (Å²) in [5, 5.41) is 2.13. The van der Waals surface area contributed by atoms with Crippen molar-refractivity contribution >= 4 is 21.8 Å². The molecular weight excluding hydrogens is 760 g/mol. The van der Waals surface area contributed by atoms with Crippen LogP contribution in [0.3, 0.4) is 0 Å². The summed E-state index contributed by atoms with van der Waals surface area (Å²) in [5.41, 5.74) is 13.9. The zero-order valence-electron chi connectivity index (χ0n) is 33.5. The third kappa shape index (κ3) is 7.16. The number of nitrogens with zero attached hydrogens (tertiary/aromatic N) is 3. The molecule has 2 heterocycles. The molecule has 0 aliphatic carbocycles. The summed E-state index contributed by atoms with van der Waals surface area (Å²) in [7, 11) is 0. The molecule has 0 saturated carbocycles. The molecule has 6 heteroatoms. The van der Waals surface area contributed by atoms with Gasteiger partial charge in [-0.2, -0.15) is 13.2 Å². The lowest BCUT2D eigenvalue weighted by molar-refractivity contribution is -0.137. The summed E-state index contributed by atoms with van der Waals surface area (Å²) in [4.78, 5) is 10.4. The predicted molar refractivity (Wildman–Crippen MR) is 243 cm³/mol. The third-order valence-electron chi connectivity index (χ3n) is 11.4. The Kier molecular flexibility index (Phi) is 9.41. The van der Waals surface area contributed by atoms with Gasteiger partial charge in [-0.1, -0.05) is 157 Å². The first-order valence-electron chi connectivity index (χ1n) is 20.2. The number of halogens is 3. The van der Waals surface area contributed by atoms with Crippen LogP contribution >= 0.6 is 0 Å². The van der Waals surface area contributed by atoms with Crippen molar-refractivity contribution in [2.45, 2.75) is 20.0 Å². The highest BCUT2D eigenvalue weighted by atomic mass is 19.4. The van der Waals surface area contributed by atoms with Gasteiger partial charge in [0.1, 0.15) is 0 Å². The van der Waals surface area contributed by atoms with E-state index >= 15 is 0 Å². The summed E-state index contributed by atoms with van der Waals surface area (Å²) < 4.78 is 44.5. The number of para-hydroxylation sites is 1. The molecule has 0 N–H and O–H groups in total. The predicted octanol–water partition coefficient (Wildman–Crippen LogP) is 15.2. The van der Waals surface area contributed by atoms with Gasteiger partial charge in [0.2, 0.25) is 0 Å². The van der Waals surface area contributed by atoms with Crippen LogP contribution < -0.4 is 0 Å². The first-order chi connectivity index (χ1) is 29.7. The lowest BCUT2D eigenvalue weighted by Crippen LogP contribution is -2.05. The van der Waals surface area contributed by atoms with Crippen molar-refractivity contribution in [3.05, 3.63) is 211 Å². The van der Waals surface area contributed by atoms with Gasteiger partial charge in [0, 0.05) is 38.6 Å². The Hall–Kier alpha value is -7.57. The Labute approximate surface area is 352 Å². The SMILES string of the molecule is Cc1ccc(-c2ccc3c(c2)c2ccccc2n3-c2c(-c3ccc(C)cc3)cc(-c3nc(-c4ccccc4)cc(-c4ccccc4)n3)cc2-c2ccc(C(F)(F)F)cc2)cc1. The number of alkyl halides is 3. The summed E-state index contributed by atoms with van der Waals surface area (Å²) in [6, 6.07) is 63.5. The topological polar surface area (TPSA) is 30.7 Å². The van der Waals surface area contributed by atoms with Crippen molar-refractivity contribution in [2.24, 2.45) is 0 Å². The quantitative estimate of drug-likeness (QED) is 0.161. The lowest BCUT2D eigenvalue weighted by Gasteiger charge is -2.21. The van der Waals surface area contributed by atoms with Crippen LogP contribution in [-0.4, -0.2) is 14.5 Å². The highest BCUT2D eigenvalue weighted by molar-refractivity contribution is 6.12. The second-order valence-corrected chi connectivity index (χ2v) is 15.5. The molecule has 0 radical (unpaired) electrons. The first kappa shape index (κ1) is 37.7. The van der Waals surface area contributed by atoms with Crippen LogP contribution in [0.2, 0.25) is 0 Å². The Morgan fingerprint density at radius 1 is 0.393 bits per heavy atom. The Morgan fingerprint density at radius 3 is 1.43 bits per heavy atom. The average Bonchev–Trinajstić information content (AvgIpc) is 3.62. The molecule has 10 aromatic rings. The van der Waals surface area contributed by atoms with E-state index in [4.69, 9.17) is 9.97 Å². The molecular formula is C55H38F3N3. The molecule has 0 bridgehead atoms. The van der Waals surface area contributed by atoms with Crippen molar-refractivity contribution in [1.82, 2.24) is 14.5 Å². The van der Waals surface area contributed by atoms with Crippen LogP contribution in [0.5, 0.6) is 0 Å². The van der Waals surface area contributed by atoms with E-state index < -0.39 is 11.7 Å². The molecule has 2 aromatic heterocycles. The van der Waals surface area contributed by atoms with E-state index in [9.17, 15) is 13.2 Å². The average molecular weight is 798 g/mol. The van der Waals surface area contributed by atoms with E-state index in [0.717, 1.165) is 101 Å². The molecule has 0 spiro atoms. The third-order valence-corrected chi connectivity index (χ3v) is 11.4. The Morgan fingerprint density at radius 2 is 0.869 bits per heavy atom. The van der Waals surface area contributed by atoms with Crippen LogP contribution in [0.1, 0.15) is 16.7 Å². The fraction of sp³-hybridized carbons (Fsp3) is 0.0545. The van der Waals surface area contributed by atoms with E-state index in [1.54, 1.807) is 12.1 Å². The van der Waals surface area contributed by atoms with Crippen molar-refractivity contribution in [1.29, 1.82) is 0 Å². The van der Waals surface area contributed by atoms with Crippen LogP contribution in [0, 0.1) is 13.8 Å². The van der Waals surface area contributed by atoms with Crippen LogP contribution in [0.4, 0.5) is 13.2 Å². The fourth-order valence-corrected chi connectivity index (χ4v) is 8.25. The minimum Gasteiger partial charge on any atom is -0.308 e. The molecule has 0 unspecified atom stereocenters. The molecule has 61 heavy (non-hydrogen) atoms. The molecule has 10 rings (SSSR count). The van der Waals surface area contributed by atoms with E-state index in [1.807, 2.05) is 84.9 Å². The smallest absolute Gasteiger partial charge is 0.308 e. The van der Waals surface area contributed by atoms with Crippen LogP contribution in [0.25, 0.3) is 94.8 Å². The zero-order chi connectivity index (χ0) is 41.7. The summed E-state index contributed by atoms with van der Waals surface area (Å²) >= 11 is 0. The molecule has 0 atom stereocenters. The number of aromatic nitrogens is 3. The van der Waals surface area contributed by atoms with E-state index in [1.165, 1.54) is 5.56 Å². The van der Waals surface area contributed by atoms with Crippen molar-refractivity contribution in [3.8, 4) is 73.0 Å². The number of benzene rings is 8. The van der Waals surface area contributed by atoms with Gasteiger partial charge < -0.3 is 4.57 Å². The minimum absolute atomic E-state index is 0.498. The van der Waals surface area contributed by atoms with E-state index in [2.05, 4.69) is 103 Å². The van der Waals surface area contributed by atoms with E-state index in [0.29, 0.717) is 11.4 Å². The maximum absolute atomic E-state index is 14.1. The normalized spacial score (nSPS) is 11.7. The molecule has 0 amide bonds. The first-order valence-corrected chi connectivity index (χ1v) is 20.2. The van der Waals surface area contributed by atoms with Gasteiger partial charge in [0.05, 0.1) is 33.7 Å². The number of hydrogen-bond acceptors (Lipinski definition) is 2. The number of rotatable bonds is 7. The molecule has 0 aliphatic rings. The Bertz CT molecular complexity index is 3150. The second-order valence-electron chi connectivity index (χ2n) is 15.5. The second kappa shape index (κ2) is 15.2. The highest BCUT2D eigenvalue weighted by Crippen LogP contribution is 2.45. The van der Waals surface area contributed by atoms with Crippen molar-refractivity contribution in [3.63, 3.8) is 0 Å². The molecule has 0 saturated heterocycles. The number of aryl methyl sites for hydroxylation is 2. The summed E-state index contributed by atoms with van der Waals surface area (Å²) in [6.45, 7) is 4.14. The minimum atomic E-state index is -4.49. The zero-order valence-corrected chi connectivity index (χ0v) is 33.5. The van der Waals surface area contributed by atoms with Crippen molar-refractivity contribution < 1.29 is 13.2 Å². The van der Waals surface area contributed by atoms with Gasteiger partial charge in [-0.25, -0.2) is 9.97 Å². The molecule has 8 aromatic carbocycles. The largest absolute Gasteiger partial charge is 0.416 e. The highest BCUT2D eigenvalue weighted by Gasteiger charge is 2.30. The summed E-state index contributed by atoms with van der Waals surface area (Å²) in [5.74, 6) is 0.498. The Balaban J connectivity index is 1.31. The fourth-order valence-electron chi connectivity index (χ4n) is 8.25. The standard InChI is InChI=1S/C55H38F3N3/c1-35-17-21-37(22-18-35)42-27-30-52-48(31-42)45-15-9-10-16-51(45)61(52)53-46(38-23-19-36(2)20-24-38)32-43(33-47(53)39-25-28-44(29-26-39)55(56,57)58)54-59-49(40-11-5-3-6-12-40)34-50(60-54)41-13-7-4-8-14-41/h3-34H,1-2H3. The van der Waals surface area contributed by atoms with Gasteiger partial charge in [-0.05, 0) is 84.6 Å². The maximum atomic E-state index is 14.1. The van der Waals surface area contributed by atoms with Crippen molar-refractivity contribution in [2.75, 3.05) is 0 Å². The molecule has 3 nitrogen and oxygen atoms in total. The molecule has 0 aliphatic heterocycles. The number of fused-ring (bicyclic) bond motifs is 3. The monoisotopic (exact) mass is 797 g/mol. The van der Waals surface area contributed by atoms with Crippen LogP contribution in [-0.2, 0) is 6.18 Å². The molecule has 294 valence electrons. The van der Waals surface area contributed by atoms with Gasteiger partial charge >= 0.3 is 6.18 Å². The van der Waals surface area contributed by atoms with Gasteiger partial charge in [0.25, 0.3) is 0 Å². The van der Waals surface area contributed by atoms with Gasteiger partial charge in [-0.15, -0.1) is 0 Å². The van der Waals surface area contributed by atoms with Crippen LogP contribution in [0.15, 0.2) is 194 Å². The summed E-state index contributed by atoms with van der Waals surface area (Å²) in [6.07, 6.45) is -4.49. The number of hydrogen-bond donors (Lipinski definition) is 0.